The van der Waals surface area contributed by atoms with Gasteiger partial charge in [0.1, 0.15) is 11.4 Å². The average molecular weight is 292 g/mol. The van der Waals surface area contributed by atoms with Crippen molar-refractivity contribution in [1.82, 2.24) is 4.98 Å². The minimum absolute atomic E-state index is 0.229. The van der Waals surface area contributed by atoms with Gasteiger partial charge >= 0.3 is 5.97 Å². The molecule has 21 heavy (non-hydrogen) atoms. The Labute approximate surface area is 123 Å². The van der Waals surface area contributed by atoms with Crippen molar-refractivity contribution in [2.24, 2.45) is 11.7 Å². The van der Waals surface area contributed by atoms with E-state index in [1.807, 2.05) is 4.90 Å². The Kier molecular flexibility index (Phi) is 4.62. The van der Waals surface area contributed by atoms with Gasteiger partial charge in [0.2, 0.25) is 5.91 Å². The van der Waals surface area contributed by atoms with Crippen molar-refractivity contribution in [3.63, 3.8) is 0 Å². The van der Waals surface area contributed by atoms with E-state index in [4.69, 9.17) is 16.2 Å². The Morgan fingerprint density at radius 3 is 2.95 bits per heavy atom. The number of carbonyl (C=O) groups excluding carboxylic acids is 2. The molecule has 1 saturated heterocycles. The Morgan fingerprint density at radius 2 is 2.29 bits per heavy atom. The molecule has 1 fully saturated rings. The highest BCUT2D eigenvalue weighted by Gasteiger charge is 2.27. The van der Waals surface area contributed by atoms with Crippen LogP contribution in [-0.4, -0.2) is 36.6 Å². The Balaban J connectivity index is 2.30. The summed E-state index contributed by atoms with van der Waals surface area (Å²) in [6.45, 7) is 3.18. The van der Waals surface area contributed by atoms with Crippen molar-refractivity contribution in [3.05, 3.63) is 17.8 Å². The molecule has 0 aliphatic carbocycles. The molecule has 0 spiro atoms. The number of aromatic nitrogens is 1. The molecule has 0 bridgehead atoms. The van der Waals surface area contributed by atoms with Crippen LogP contribution in [0.4, 0.5) is 11.5 Å². The quantitative estimate of drug-likeness (QED) is 0.783. The molecule has 1 aliphatic rings. The summed E-state index contributed by atoms with van der Waals surface area (Å²) >= 11 is 0. The molecular weight excluding hydrogens is 272 g/mol. The molecule has 1 unspecified atom stereocenters. The predicted molar refractivity (Wildman–Crippen MR) is 78.7 cm³/mol. The van der Waals surface area contributed by atoms with Gasteiger partial charge in [-0.1, -0.05) is 0 Å². The number of nitrogens with two attached hydrogens (primary N) is 2. The van der Waals surface area contributed by atoms with Gasteiger partial charge in [-0.15, -0.1) is 0 Å². The number of nitrogen functional groups attached to an aromatic ring is 1. The Hall–Kier alpha value is -2.31. The molecule has 1 atom stereocenters. The van der Waals surface area contributed by atoms with Crippen molar-refractivity contribution in [3.8, 4) is 0 Å². The fourth-order valence-electron chi connectivity index (χ4n) is 2.49. The van der Waals surface area contributed by atoms with Crippen LogP contribution in [0.15, 0.2) is 12.3 Å². The zero-order chi connectivity index (χ0) is 15.4. The second kappa shape index (κ2) is 6.43. The minimum atomic E-state index is -0.464. The highest BCUT2D eigenvalue weighted by Crippen LogP contribution is 2.26. The minimum Gasteiger partial charge on any atom is -0.462 e. The first kappa shape index (κ1) is 15.1. The number of esters is 1. The third-order valence-electron chi connectivity index (χ3n) is 3.51. The summed E-state index contributed by atoms with van der Waals surface area (Å²) in [6.07, 6.45) is 3.07. The van der Waals surface area contributed by atoms with Gasteiger partial charge in [-0.3, -0.25) is 4.79 Å². The molecule has 7 nitrogen and oxygen atoms in total. The number of nitrogens with zero attached hydrogens (tertiary/aromatic N) is 2. The van der Waals surface area contributed by atoms with Gasteiger partial charge in [0.15, 0.2) is 0 Å². The standard InChI is InChI=1S/C14H20N4O3/c1-2-21-14(20)11-6-10(15)7-17-13(11)18-5-3-4-9(8-18)12(16)19/h6-7,9H,2-5,8,15H2,1H3,(H2,16,19). The number of hydrogen-bond acceptors (Lipinski definition) is 6. The van der Waals surface area contributed by atoms with E-state index in [2.05, 4.69) is 4.98 Å². The average Bonchev–Trinajstić information content (AvgIpc) is 2.47. The van der Waals surface area contributed by atoms with E-state index in [-0.39, 0.29) is 18.4 Å². The first-order valence-corrected chi connectivity index (χ1v) is 6.99. The van der Waals surface area contributed by atoms with Crippen LogP contribution in [0.2, 0.25) is 0 Å². The molecule has 0 aromatic carbocycles. The maximum atomic E-state index is 12.0. The molecule has 1 aromatic heterocycles. The van der Waals surface area contributed by atoms with E-state index < -0.39 is 5.97 Å². The van der Waals surface area contributed by atoms with E-state index in [1.165, 1.54) is 6.20 Å². The summed E-state index contributed by atoms with van der Waals surface area (Å²) in [4.78, 5) is 29.6. The van der Waals surface area contributed by atoms with Crippen molar-refractivity contribution in [2.75, 3.05) is 30.3 Å². The van der Waals surface area contributed by atoms with Crippen LogP contribution in [0.3, 0.4) is 0 Å². The number of anilines is 2. The second-order valence-electron chi connectivity index (χ2n) is 5.05. The summed E-state index contributed by atoms with van der Waals surface area (Å²) in [5.41, 5.74) is 11.8. The largest absolute Gasteiger partial charge is 0.462 e. The lowest BCUT2D eigenvalue weighted by Crippen LogP contribution is -2.42. The first-order chi connectivity index (χ1) is 10.0. The molecule has 1 amide bonds. The van der Waals surface area contributed by atoms with Gasteiger partial charge in [-0.05, 0) is 25.8 Å². The van der Waals surface area contributed by atoms with Crippen LogP contribution in [0, 0.1) is 5.92 Å². The normalized spacial score (nSPS) is 18.3. The third kappa shape index (κ3) is 3.42. The molecular formula is C14H20N4O3. The van der Waals surface area contributed by atoms with Crippen LogP contribution >= 0.6 is 0 Å². The highest BCUT2D eigenvalue weighted by atomic mass is 16.5. The maximum Gasteiger partial charge on any atom is 0.341 e. The highest BCUT2D eigenvalue weighted by molar-refractivity contribution is 5.96. The molecule has 0 radical (unpaired) electrons. The number of amides is 1. The Morgan fingerprint density at radius 1 is 1.52 bits per heavy atom. The number of ether oxygens (including phenoxy) is 1. The van der Waals surface area contributed by atoms with Gasteiger partial charge in [-0.2, -0.15) is 0 Å². The lowest BCUT2D eigenvalue weighted by atomic mass is 9.97. The molecule has 1 aliphatic heterocycles. The molecule has 7 heteroatoms. The van der Waals surface area contributed by atoms with E-state index in [1.54, 1.807) is 13.0 Å². The van der Waals surface area contributed by atoms with Crippen LogP contribution in [0.5, 0.6) is 0 Å². The van der Waals surface area contributed by atoms with E-state index in [0.717, 1.165) is 12.8 Å². The van der Waals surface area contributed by atoms with Crippen molar-refractivity contribution < 1.29 is 14.3 Å². The monoisotopic (exact) mass is 292 g/mol. The van der Waals surface area contributed by atoms with Gasteiger partial charge in [0.05, 0.1) is 24.4 Å². The van der Waals surface area contributed by atoms with Crippen molar-refractivity contribution in [1.29, 1.82) is 0 Å². The van der Waals surface area contributed by atoms with Gasteiger partial charge in [0, 0.05) is 13.1 Å². The zero-order valence-corrected chi connectivity index (χ0v) is 12.0. The molecule has 0 saturated carbocycles. The summed E-state index contributed by atoms with van der Waals surface area (Å²) < 4.78 is 5.04. The third-order valence-corrected chi connectivity index (χ3v) is 3.51. The van der Waals surface area contributed by atoms with Crippen molar-refractivity contribution in [2.45, 2.75) is 19.8 Å². The molecule has 2 heterocycles. The van der Waals surface area contributed by atoms with Gasteiger partial charge in [-0.25, -0.2) is 9.78 Å². The van der Waals surface area contributed by atoms with Crippen LogP contribution < -0.4 is 16.4 Å². The fourth-order valence-corrected chi connectivity index (χ4v) is 2.49. The van der Waals surface area contributed by atoms with Crippen molar-refractivity contribution >= 4 is 23.4 Å². The summed E-state index contributed by atoms with van der Waals surface area (Å²) in [6, 6.07) is 1.55. The number of piperidine rings is 1. The second-order valence-corrected chi connectivity index (χ2v) is 5.05. The smallest absolute Gasteiger partial charge is 0.341 e. The summed E-state index contributed by atoms with van der Waals surface area (Å²) in [7, 11) is 0. The van der Waals surface area contributed by atoms with Crippen LogP contribution in [0.1, 0.15) is 30.1 Å². The fraction of sp³-hybridized carbons (Fsp3) is 0.500. The maximum absolute atomic E-state index is 12.0. The predicted octanol–water partition coefficient (Wildman–Crippen LogP) is 0.542. The molecule has 4 N–H and O–H groups in total. The SMILES string of the molecule is CCOC(=O)c1cc(N)cnc1N1CCCC(C(N)=O)C1. The molecule has 114 valence electrons. The lowest BCUT2D eigenvalue weighted by Gasteiger charge is -2.33. The van der Waals surface area contributed by atoms with E-state index in [0.29, 0.717) is 30.2 Å². The number of rotatable bonds is 4. The number of pyridine rings is 1. The number of carbonyl (C=O) groups is 2. The topological polar surface area (TPSA) is 112 Å². The number of primary amides is 1. The summed E-state index contributed by atoms with van der Waals surface area (Å²) in [5.74, 6) is -0.525. The Bertz CT molecular complexity index is 547. The van der Waals surface area contributed by atoms with E-state index in [9.17, 15) is 9.59 Å². The van der Waals surface area contributed by atoms with Crippen LogP contribution in [-0.2, 0) is 9.53 Å². The zero-order valence-electron chi connectivity index (χ0n) is 12.0. The number of hydrogen-bond donors (Lipinski definition) is 2. The first-order valence-electron chi connectivity index (χ1n) is 6.99. The van der Waals surface area contributed by atoms with Gasteiger partial charge in [0.25, 0.3) is 0 Å². The lowest BCUT2D eigenvalue weighted by molar-refractivity contribution is -0.122. The van der Waals surface area contributed by atoms with Gasteiger partial charge < -0.3 is 21.1 Å². The molecule has 2 rings (SSSR count). The van der Waals surface area contributed by atoms with Crippen LogP contribution in [0.25, 0.3) is 0 Å². The van der Waals surface area contributed by atoms with E-state index >= 15 is 0 Å². The summed E-state index contributed by atoms with van der Waals surface area (Å²) in [5, 5.41) is 0. The molecule has 1 aromatic rings.